The molecule has 0 aliphatic carbocycles. The lowest BCUT2D eigenvalue weighted by Gasteiger charge is -2.22. The predicted molar refractivity (Wildman–Crippen MR) is 81.6 cm³/mol. The third-order valence-electron chi connectivity index (χ3n) is 3.47. The number of nitrogens with two attached hydrogens (primary N) is 1. The van der Waals surface area contributed by atoms with E-state index in [1.165, 1.54) is 25.3 Å². The molecule has 1 aromatic carbocycles. The van der Waals surface area contributed by atoms with E-state index in [0.717, 1.165) is 4.31 Å². The fourth-order valence-corrected chi connectivity index (χ4v) is 4.62. The molecule has 1 heterocycles. The van der Waals surface area contributed by atoms with Crippen LogP contribution in [0, 0.1) is 0 Å². The first-order valence-corrected chi connectivity index (χ1v) is 8.71. The van der Waals surface area contributed by atoms with Gasteiger partial charge in [-0.25, -0.2) is 13.2 Å². The summed E-state index contributed by atoms with van der Waals surface area (Å²) in [5.41, 5.74) is 5.18. The molecule has 2 N–H and O–H groups in total. The van der Waals surface area contributed by atoms with Crippen LogP contribution in [0.2, 0.25) is 0 Å². The number of carbonyl (C=O) groups excluding carboxylic acids is 2. The molecule has 22 heavy (non-hydrogen) atoms. The minimum absolute atomic E-state index is 0.0907. The van der Waals surface area contributed by atoms with Crippen molar-refractivity contribution in [3.8, 4) is 0 Å². The Bertz CT molecular complexity index is 719. The van der Waals surface area contributed by atoms with Crippen LogP contribution in [0.1, 0.15) is 23.2 Å². The van der Waals surface area contributed by atoms with Crippen LogP contribution in [0.15, 0.2) is 27.6 Å². The topological polar surface area (TPSA) is 107 Å². The summed E-state index contributed by atoms with van der Waals surface area (Å²) in [4.78, 5) is 23.1. The molecule has 7 nitrogen and oxygen atoms in total. The van der Waals surface area contributed by atoms with Crippen molar-refractivity contribution >= 4 is 37.8 Å². The number of esters is 1. The van der Waals surface area contributed by atoms with E-state index in [2.05, 4.69) is 20.7 Å². The molecular formula is C13H15BrN2O5S. The average molecular weight is 391 g/mol. The third-order valence-corrected chi connectivity index (χ3v) is 5.93. The standard InChI is InChI=1S/C13H15BrN2O5S/c1-21-13(18)9-7-8(14)4-5-11(9)22(19,20)16-6-2-3-10(16)12(15)17/h4-5,7,10H,2-3,6H2,1H3,(H2,15,17). The largest absolute Gasteiger partial charge is 0.465 e. The first-order valence-electron chi connectivity index (χ1n) is 6.48. The zero-order valence-corrected chi connectivity index (χ0v) is 14.2. The highest BCUT2D eigenvalue weighted by atomic mass is 79.9. The van der Waals surface area contributed by atoms with Gasteiger partial charge in [0, 0.05) is 11.0 Å². The minimum Gasteiger partial charge on any atom is -0.465 e. The van der Waals surface area contributed by atoms with Crippen LogP contribution in [0.3, 0.4) is 0 Å². The number of amides is 1. The van der Waals surface area contributed by atoms with Crippen molar-refractivity contribution < 1.29 is 22.7 Å². The highest BCUT2D eigenvalue weighted by Gasteiger charge is 2.40. The maximum absolute atomic E-state index is 12.8. The maximum Gasteiger partial charge on any atom is 0.339 e. The molecule has 1 amide bonds. The first-order chi connectivity index (χ1) is 10.3. The number of benzene rings is 1. The zero-order chi connectivity index (χ0) is 16.5. The molecule has 1 aromatic rings. The van der Waals surface area contributed by atoms with E-state index in [1.54, 1.807) is 0 Å². The number of methoxy groups -OCH3 is 1. The molecule has 1 atom stereocenters. The average Bonchev–Trinajstić information content (AvgIpc) is 2.96. The van der Waals surface area contributed by atoms with Crippen LogP contribution in [0.25, 0.3) is 0 Å². The Balaban J connectivity index is 2.55. The Kier molecular flexibility index (Phi) is 4.88. The summed E-state index contributed by atoms with van der Waals surface area (Å²) in [5, 5.41) is 0. The second-order valence-electron chi connectivity index (χ2n) is 4.81. The van der Waals surface area contributed by atoms with Gasteiger partial charge in [0.25, 0.3) is 0 Å². The number of ether oxygens (including phenoxy) is 1. The van der Waals surface area contributed by atoms with Gasteiger partial charge < -0.3 is 10.5 Å². The van der Waals surface area contributed by atoms with Crippen molar-refractivity contribution in [3.63, 3.8) is 0 Å². The normalized spacial score (nSPS) is 19.1. The smallest absolute Gasteiger partial charge is 0.339 e. The van der Waals surface area contributed by atoms with Crippen molar-refractivity contribution in [2.75, 3.05) is 13.7 Å². The zero-order valence-electron chi connectivity index (χ0n) is 11.8. The van der Waals surface area contributed by atoms with Crippen molar-refractivity contribution in [1.29, 1.82) is 0 Å². The second kappa shape index (κ2) is 6.35. The molecule has 120 valence electrons. The Morgan fingerprint density at radius 2 is 2.09 bits per heavy atom. The summed E-state index contributed by atoms with van der Waals surface area (Å²) in [6.07, 6.45) is 0.912. The van der Waals surface area contributed by atoms with Gasteiger partial charge in [0.15, 0.2) is 0 Å². The Morgan fingerprint density at radius 3 is 2.68 bits per heavy atom. The molecule has 2 rings (SSSR count). The summed E-state index contributed by atoms with van der Waals surface area (Å²) in [6, 6.07) is 3.30. The minimum atomic E-state index is -4.02. The van der Waals surface area contributed by atoms with E-state index in [9.17, 15) is 18.0 Å². The van der Waals surface area contributed by atoms with Crippen LogP contribution in [0.5, 0.6) is 0 Å². The van der Waals surface area contributed by atoms with E-state index < -0.39 is 27.9 Å². The van der Waals surface area contributed by atoms with Gasteiger partial charge in [0.2, 0.25) is 15.9 Å². The highest BCUT2D eigenvalue weighted by molar-refractivity contribution is 9.10. The summed E-state index contributed by atoms with van der Waals surface area (Å²) in [7, 11) is -2.86. The number of sulfonamides is 1. The lowest BCUT2D eigenvalue weighted by atomic mass is 10.2. The van der Waals surface area contributed by atoms with Gasteiger partial charge in [-0.1, -0.05) is 15.9 Å². The van der Waals surface area contributed by atoms with E-state index in [1.807, 2.05) is 0 Å². The van der Waals surface area contributed by atoms with Gasteiger partial charge in [0.05, 0.1) is 17.6 Å². The molecule has 1 saturated heterocycles. The monoisotopic (exact) mass is 390 g/mol. The van der Waals surface area contributed by atoms with E-state index in [4.69, 9.17) is 5.73 Å². The predicted octanol–water partition coefficient (Wildman–Crippen LogP) is 0.874. The molecule has 1 fully saturated rings. The fourth-order valence-electron chi connectivity index (χ4n) is 2.44. The van der Waals surface area contributed by atoms with Crippen LogP contribution < -0.4 is 5.73 Å². The fraction of sp³-hybridized carbons (Fsp3) is 0.385. The summed E-state index contributed by atoms with van der Waals surface area (Å²) >= 11 is 3.19. The number of nitrogens with zero attached hydrogens (tertiary/aromatic N) is 1. The molecule has 9 heteroatoms. The van der Waals surface area contributed by atoms with Gasteiger partial charge >= 0.3 is 5.97 Å². The van der Waals surface area contributed by atoms with Crippen molar-refractivity contribution in [3.05, 3.63) is 28.2 Å². The molecular weight excluding hydrogens is 376 g/mol. The van der Waals surface area contributed by atoms with E-state index >= 15 is 0 Å². The summed E-state index contributed by atoms with van der Waals surface area (Å²) in [5.74, 6) is -1.47. The SMILES string of the molecule is COC(=O)c1cc(Br)ccc1S(=O)(=O)N1CCCC1C(N)=O. The molecule has 0 spiro atoms. The molecule has 1 aliphatic rings. The molecule has 1 unspecified atom stereocenters. The number of rotatable bonds is 4. The van der Waals surface area contributed by atoms with Crippen molar-refractivity contribution in [2.45, 2.75) is 23.8 Å². The first kappa shape index (κ1) is 16.9. The van der Waals surface area contributed by atoms with Crippen LogP contribution >= 0.6 is 15.9 Å². The number of halogens is 1. The molecule has 0 radical (unpaired) electrons. The van der Waals surface area contributed by atoms with Gasteiger partial charge in [-0.2, -0.15) is 4.31 Å². The van der Waals surface area contributed by atoms with E-state index in [-0.39, 0.29) is 17.0 Å². The maximum atomic E-state index is 12.8. The van der Waals surface area contributed by atoms with Gasteiger partial charge in [-0.15, -0.1) is 0 Å². The second-order valence-corrected chi connectivity index (χ2v) is 7.58. The number of primary amides is 1. The van der Waals surface area contributed by atoms with Crippen LogP contribution in [0.4, 0.5) is 0 Å². The lowest BCUT2D eigenvalue weighted by molar-refractivity contribution is -0.121. The molecule has 0 saturated carbocycles. The Labute approximate surface area is 136 Å². The van der Waals surface area contributed by atoms with Gasteiger partial charge in [0.1, 0.15) is 6.04 Å². The molecule has 0 aromatic heterocycles. The summed E-state index contributed by atoms with van der Waals surface area (Å²) in [6.45, 7) is 0.187. The quantitative estimate of drug-likeness (QED) is 0.767. The Hall–Kier alpha value is -1.45. The number of hydrogen-bond acceptors (Lipinski definition) is 5. The van der Waals surface area contributed by atoms with Crippen molar-refractivity contribution in [1.82, 2.24) is 4.31 Å². The Morgan fingerprint density at radius 1 is 1.41 bits per heavy atom. The summed E-state index contributed by atoms with van der Waals surface area (Å²) < 4.78 is 31.8. The van der Waals surface area contributed by atoms with Crippen LogP contribution in [-0.2, 0) is 19.6 Å². The lowest BCUT2D eigenvalue weighted by Crippen LogP contribution is -2.43. The van der Waals surface area contributed by atoms with Gasteiger partial charge in [-0.05, 0) is 31.0 Å². The third kappa shape index (κ3) is 3.01. The van der Waals surface area contributed by atoms with Crippen LogP contribution in [-0.4, -0.2) is 44.3 Å². The van der Waals surface area contributed by atoms with E-state index in [0.29, 0.717) is 17.3 Å². The van der Waals surface area contributed by atoms with Crippen molar-refractivity contribution in [2.24, 2.45) is 5.73 Å². The highest BCUT2D eigenvalue weighted by Crippen LogP contribution is 2.29. The molecule has 1 aliphatic heterocycles. The van der Waals surface area contributed by atoms with Gasteiger partial charge in [-0.3, -0.25) is 4.79 Å². The number of hydrogen-bond donors (Lipinski definition) is 1. The number of carbonyl (C=O) groups is 2. The molecule has 0 bridgehead atoms.